The summed E-state index contributed by atoms with van der Waals surface area (Å²) in [5.74, 6) is -0.653. The summed E-state index contributed by atoms with van der Waals surface area (Å²) in [5, 5.41) is 7.73. The van der Waals surface area contributed by atoms with Crippen LogP contribution in [-0.4, -0.2) is 38.1 Å². The third-order valence-corrected chi connectivity index (χ3v) is 5.70. The minimum atomic E-state index is -0.653. The number of amides is 3. The zero-order chi connectivity index (χ0) is 23.1. The van der Waals surface area contributed by atoms with Gasteiger partial charge in [0.25, 0.3) is 5.91 Å². The molecule has 0 bridgehead atoms. The molecule has 3 N–H and O–H groups in total. The first-order chi connectivity index (χ1) is 15.9. The second-order valence-corrected chi connectivity index (χ2v) is 7.83. The van der Waals surface area contributed by atoms with Crippen LogP contribution in [0.3, 0.4) is 0 Å². The predicted octanol–water partition coefficient (Wildman–Crippen LogP) is 4.04. The fourth-order valence-corrected chi connectivity index (χ4v) is 4.10. The topological polar surface area (TPSA) is 124 Å². The zero-order valence-electron chi connectivity index (χ0n) is 17.1. The van der Waals surface area contributed by atoms with Gasteiger partial charge in [-0.15, -0.1) is 0 Å². The molecule has 0 fully saturated rings. The van der Waals surface area contributed by atoms with E-state index in [2.05, 4.69) is 20.2 Å². The Bertz CT molecular complexity index is 1450. The first kappa shape index (κ1) is 20.5. The number of carbonyl (C=O) groups excluding carboxylic acids is 2. The van der Waals surface area contributed by atoms with E-state index in [1.165, 1.54) is 6.39 Å². The maximum Gasteiger partial charge on any atom is 0.322 e. The molecule has 1 aliphatic rings. The van der Waals surface area contributed by atoms with Crippen molar-refractivity contribution in [2.24, 2.45) is 5.73 Å². The van der Waals surface area contributed by atoms with Crippen LogP contribution in [0.15, 0.2) is 47.2 Å². The van der Waals surface area contributed by atoms with Crippen molar-refractivity contribution >= 4 is 46.0 Å². The number of aromatic nitrogens is 3. The summed E-state index contributed by atoms with van der Waals surface area (Å²) in [6, 6.07) is 9.62. The predicted molar refractivity (Wildman–Crippen MR) is 121 cm³/mol. The Morgan fingerprint density at radius 1 is 1.21 bits per heavy atom. The minimum Gasteiger partial charge on any atom is -0.442 e. The average Bonchev–Trinajstić information content (AvgIpc) is 3.44. The molecule has 0 saturated carbocycles. The van der Waals surface area contributed by atoms with E-state index in [0.717, 1.165) is 0 Å². The number of halogens is 1. The fourth-order valence-electron chi connectivity index (χ4n) is 3.84. The molecular formula is C22H16ClN7O3. The lowest BCUT2D eigenvalue weighted by Crippen LogP contribution is -2.41. The van der Waals surface area contributed by atoms with Gasteiger partial charge in [-0.3, -0.25) is 9.48 Å². The molecule has 0 saturated heterocycles. The van der Waals surface area contributed by atoms with Crippen LogP contribution in [0.1, 0.15) is 16.1 Å². The van der Waals surface area contributed by atoms with Gasteiger partial charge in [0.2, 0.25) is 0 Å². The van der Waals surface area contributed by atoms with Crippen molar-refractivity contribution in [1.29, 1.82) is 0 Å². The van der Waals surface area contributed by atoms with Crippen molar-refractivity contribution in [2.75, 3.05) is 11.9 Å². The molecule has 0 unspecified atom stereocenters. The molecule has 33 heavy (non-hydrogen) atoms. The molecule has 2 aromatic carbocycles. The number of oxazole rings is 1. The van der Waals surface area contributed by atoms with Crippen LogP contribution >= 0.6 is 11.6 Å². The van der Waals surface area contributed by atoms with Gasteiger partial charge in [0.05, 0.1) is 35.9 Å². The number of benzene rings is 2. The lowest BCUT2D eigenvalue weighted by atomic mass is 10.0. The van der Waals surface area contributed by atoms with E-state index in [-0.39, 0.29) is 18.1 Å². The largest absolute Gasteiger partial charge is 0.442 e. The number of nitrogens with one attached hydrogen (secondary N) is 1. The number of rotatable bonds is 3. The molecule has 4 aromatic rings. The molecule has 11 heteroatoms. The number of carbonyl (C=O) groups is 2. The Balaban J connectivity index is 1.46. The molecule has 0 spiro atoms. The van der Waals surface area contributed by atoms with E-state index in [1.54, 1.807) is 46.0 Å². The maximum atomic E-state index is 12.8. The second-order valence-electron chi connectivity index (χ2n) is 7.43. The lowest BCUT2D eigenvalue weighted by Gasteiger charge is -2.28. The second kappa shape index (κ2) is 7.96. The summed E-state index contributed by atoms with van der Waals surface area (Å²) in [7, 11) is 0. The van der Waals surface area contributed by atoms with Gasteiger partial charge in [0.15, 0.2) is 17.7 Å². The monoisotopic (exact) mass is 461 g/mol. The first-order valence-electron chi connectivity index (χ1n) is 9.90. The highest BCUT2D eigenvalue weighted by molar-refractivity contribution is 6.35. The molecular weight excluding hydrogens is 446 g/mol. The number of urea groups is 1. The van der Waals surface area contributed by atoms with Crippen molar-refractivity contribution in [2.45, 2.75) is 13.1 Å². The van der Waals surface area contributed by atoms with Gasteiger partial charge < -0.3 is 20.4 Å². The number of hydrogen-bond donors (Lipinski definition) is 2. The third-order valence-electron chi connectivity index (χ3n) is 5.42. The smallest absolute Gasteiger partial charge is 0.322 e. The van der Waals surface area contributed by atoms with Gasteiger partial charge in [-0.05, 0) is 24.3 Å². The highest BCUT2D eigenvalue weighted by Crippen LogP contribution is 2.33. The van der Waals surface area contributed by atoms with Crippen molar-refractivity contribution in [3.63, 3.8) is 0 Å². The Kier molecular flexibility index (Phi) is 4.95. The number of nitrogens with zero attached hydrogens (tertiary/aromatic N) is 5. The van der Waals surface area contributed by atoms with Gasteiger partial charge in [-0.1, -0.05) is 23.7 Å². The van der Waals surface area contributed by atoms with Crippen LogP contribution in [0.5, 0.6) is 0 Å². The van der Waals surface area contributed by atoms with Crippen molar-refractivity contribution < 1.29 is 14.0 Å². The van der Waals surface area contributed by atoms with Crippen LogP contribution in [0.2, 0.25) is 5.02 Å². The zero-order valence-corrected chi connectivity index (χ0v) is 17.8. The van der Waals surface area contributed by atoms with E-state index in [0.29, 0.717) is 57.5 Å². The summed E-state index contributed by atoms with van der Waals surface area (Å²) in [6.45, 7) is 7.94. The fraction of sp³-hybridized carbons (Fsp3) is 0.136. The van der Waals surface area contributed by atoms with Crippen LogP contribution in [0, 0.1) is 6.57 Å². The van der Waals surface area contributed by atoms with Gasteiger partial charge in [0, 0.05) is 17.8 Å². The Labute approximate surface area is 192 Å². The summed E-state index contributed by atoms with van der Waals surface area (Å²) in [6.07, 6.45) is 1.29. The van der Waals surface area contributed by atoms with E-state index in [1.807, 2.05) is 0 Å². The minimum absolute atomic E-state index is 0.150. The van der Waals surface area contributed by atoms with Gasteiger partial charge in [-0.25, -0.2) is 14.6 Å². The molecule has 1 aliphatic heterocycles. The highest BCUT2D eigenvalue weighted by atomic mass is 35.5. The molecule has 0 aliphatic carbocycles. The quantitative estimate of drug-likeness (QED) is 0.445. The SMILES string of the molecule is [C-]#[N+]c1ccc(NC(=O)N2CCn3nc(-c4cc(Cl)c5ocnc5c4)c(C(N)=O)c3C2)cc1. The summed E-state index contributed by atoms with van der Waals surface area (Å²) >= 11 is 6.31. The standard InChI is InChI=1S/C22H16ClN7O3/c1-25-13-2-4-14(5-3-13)27-22(32)29-6-7-30-17(10-29)18(21(24)31)19(28-30)12-8-15(23)20-16(9-12)26-11-33-20/h2-5,8-9,11H,6-7,10H2,(H2,24,31)(H,27,32). The Hall–Kier alpha value is -4.36. The Morgan fingerprint density at radius 3 is 2.73 bits per heavy atom. The summed E-state index contributed by atoms with van der Waals surface area (Å²) in [5.41, 5.74) is 9.47. The van der Waals surface area contributed by atoms with Crippen LogP contribution in [0.25, 0.3) is 27.2 Å². The molecule has 10 nitrogen and oxygen atoms in total. The molecule has 3 heterocycles. The first-order valence-corrected chi connectivity index (χ1v) is 10.3. The molecule has 0 atom stereocenters. The van der Waals surface area contributed by atoms with Crippen LogP contribution in [-0.2, 0) is 13.1 Å². The van der Waals surface area contributed by atoms with E-state index in [9.17, 15) is 9.59 Å². The molecule has 3 amide bonds. The van der Waals surface area contributed by atoms with Crippen molar-refractivity contribution in [3.8, 4) is 11.3 Å². The van der Waals surface area contributed by atoms with E-state index < -0.39 is 5.91 Å². The van der Waals surface area contributed by atoms with Crippen LogP contribution < -0.4 is 11.1 Å². The number of hydrogen-bond acceptors (Lipinski definition) is 5. The lowest BCUT2D eigenvalue weighted by molar-refractivity contribution is 0.0997. The summed E-state index contributed by atoms with van der Waals surface area (Å²) < 4.78 is 6.96. The van der Waals surface area contributed by atoms with E-state index >= 15 is 0 Å². The third kappa shape index (κ3) is 3.64. The van der Waals surface area contributed by atoms with Gasteiger partial charge in [0.1, 0.15) is 11.2 Å². The van der Waals surface area contributed by atoms with Crippen molar-refractivity contribution in [1.82, 2.24) is 19.7 Å². The summed E-state index contributed by atoms with van der Waals surface area (Å²) in [4.78, 5) is 34.3. The normalized spacial score (nSPS) is 12.9. The van der Waals surface area contributed by atoms with Crippen molar-refractivity contribution in [3.05, 3.63) is 70.5 Å². The highest BCUT2D eigenvalue weighted by Gasteiger charge is 2.30. The average molecular weight is 462 g/mol. The molecule has 0 radical (unpaired) electrons. The number of anilines is 1. The van der Waals surface area contributed by atoms with Gasteiger partial charge >= 0.3 is 6.03 Å². The maximum absolute atomic E-state index is 12.8. The number of nitrogens with two attached hydrogens (primary N) is 1. The molecule has 164 valence electrons. The van der Waals surface area contributed by atoms with E-state index in [4.69, 9.17) is 28.3 Å². The number of fused-ring (bicyclic) bond motifs is 2. The molecule has 5 rings (SSSR count). The number of primary amides is 1. The molecule has 2 aromatic heterocycles. The Morgan fingerprint density at radius 2 is 2.00 bits per heavy atom. The van der Waals surface area contributed by atoms with Crippen LogP contribution in [0.4, 0.5) is 16.2 Å². The van der Waals surface area contributed by atoms with Gasteiger partial charge in [-0.2, -0.15) is 5.10 Å².